The number of piperazine rings is 1. The van der Waals surface area contributed by atoms with Gasteiger partial charge in [-0.3, -0.25) is 4.90 Å². The van der Waals surface area contributed by atoms with Crippen LogP contribution in [0.4, 0.5) is 0 Å². The van der Waals surface area contributed by atoms with Gasteiger partial charge in [-0.2, -0.15) is 0 Å². The van der Waals surface area contributed by atoms with Gasteiger partial charge in [0.15, 0.2) is 0 Å². The molecule has 0 aromatic rings. The van der Waals surface area contributed by atoms with Gasteiger partial charge < -0.3 is 10.2 Å². The fourth-order valence-corrected chi connectivity index (χ4v) is 1.87. The van der Waals surface area contributed by atoms with E-state index in [2.05, 4.69) is 29.0 Å². The molecule has 0 atom stereocenters. The highest BCUT2D eigenvalue weighted by Gasteiger charge is 2.16. The van der Waals surface area contributed by atoms with Gasteiger partial charge in [0, 0.05) is 39.4 Å². The van der Waals surface area contributed by atoms with Crippen LogP contribution in [0.2, 0.25) is 0 Å². The standard InChI is InChI=1S/C10H23N3/c1-10(2)8-12-4-6-13(7-5-12)9-11-3/h10-11H,4-9H2,1-3H3. The van der Waals surface area contributed by atoms with Crippen molar-refractivity contribution in [2.24, 2.45) is 5.92 Å². The molecule has 0 amide bonds. The lowest BCUT2D eigenvalue weighted by Crippen LogP contribution is -2.49. The average Bonchev–Trinajstić information content (AvgIpc) is 2.08. The van der Waals surface area contributed by atoms with E-state index in [0.717, 1.165) is 12.6 Å². The molecule has 78 valence electrons. The van der Waals surface area contributed by atoms with Gasteiger partial charge in [0.2, 0.25) is 0 Å². The highest BCUT2D eigenvalue weighted by atomic mass is 15.3. The molecule has 1 N–H and O–H groups in total. The van der Waals surface area contributed by atoms with Crippen molar-refractivity contribution >= 4 is 0 Å². The first-order chi connectivity index (χ1) is 6.22. The van der Waals surface area contributed by atoms with Crippen molar-refractivity contribution in [3.63, 3.8) is 0 Å². The Bertz CT molecular complexity index is 128. The molecule has 0 saturated carbocycles. The van der Waals surface area contributed by atoms with Crippen molar-refractivity contribution < 1.29 is 0 Å². The SMILES string of the molecule is CNCN1CCN(CC(C)C)CC1. The van der Waals surface area contributed by atoms with Crippen LogP contribution in [0.3, 0.4) is 0 Å². The molecule has 0 spiro atoms. The molecule has 1 saturated heterocycles. The maximum atomic E-state index is 3.20. The summed E-state index contributed by atoms with van der Waals surface area (Å²) in [7, 11) is 2.01. The van der Waals surface area contributed by atoms with Gasteiger partial charge in [-0.25, -0.2) is 0 Å². The zero-order valence-electron chi connectivity index (χ0n) is 9.21. The molecule has 0 radical (unpaired) electrons. The summed E-state index contributed by atoms with van der Waals surface area (Å²) >= 11 is 0. The molecule has 3 nitrogen and oxygen atoms in total. The predicted octanol–water partition coefficient (Wildman–Crippen LogP) is 0.437. The molecule has 0 aliphatic carbocycles. The molecule has 1 heterocycles. The highest BCUT2D eigenvalue weighted by molar-refractivity contribution is 4.71. The van der Waals surface area contributed by atoms with Gasteiger partial charge in [0.05, 0.1) is 0 Å². The van der Waals surface area contributed by atoms with Crippen molar-refractivity contribution in [1.29, 1.82) is 0 Å². The summed E-state index contributed by atoms with van der Waals surface area (Å²) in [4.78, 5) is 5.04. The summed E-state index contributed by atoms with van der Waals surface area (Å²) in [5, 5.41) is 3.20. The lowest BCUT2D eigenvalue weighted by atomic mass is 10.2. The third kappa shape index (κ3) is 4.07. The number of nitrogens with zero attached hydrogens (tertiary/aromatic N) is 2. The van der Waals surface area contributed by atoms with E-state index < -0.39 is 0 Å². The van der Waals surface area contributed by atoms with E-state index in [0.29, 0.717) is 0 Å². The Morgan fingerprint density at radius 3 is 2.08 bits per heavy atom. The first-order valence-electron chi connectivity index (χ1n) is 5.31. The molecule has 0 bridgehead atoms. The minimum atomic E-state index is 0.802. The molecule has 1 aliphatic rings. The summed E-state index contributed by atoms with van der Waals surface area (Å²) < 4.78 is 0. The largest absolute Gasteiger partial charge is 0.307 e. The normalized spacial score (nSPS) is 21.2. The van der Waals surface area contributed by atoms with Crippen LogP contribution >= 0.6 is 0 Å². The molecular formula is C10H23N3. The van der Waals surface area contributed by atoms with Gasteiger partial charge in [0.1, 0.15) is 0 Å². The zero-order valence-corrected chi connectivity index (χ0v) is 9.21. The third-order valence-corrected chi connectivity index (χ3v) is 2.47. The van der Waals surface area contributed by atoms with Crippen LogP contribution in [0.15, 0.2) is 0 Å². The van der Waals surface area contributed by atoms with Crippen LogP contribution in [0.5, 0.6) is 0 Å². The second-order valence-electron chi connectivity index (χ2n) is 4.32. The molecule has 0 aromatic heterocycles. The number of rotatable bonds is 4. The summed E-state index contributed by atoms with van der Waals surface area (Å²) in [6.07, 6.45) is 0. The monoisotopic (exact) mass is 185 g/mol. The van der Waals surface area contributed by atoms with Gasteiger partial charge >= 0.3 is 0 Å². The van der Waals surface area contributed by atoms with E-state index in [1.165, 1.54) is 32.7 Å². The van der Waals surface area contributed by atoms with E-state index in [-0.39, 0.29) is 0 Å². The number of hydrogen-bond donors (Lipinski definition) is 1. The minimum Gasteiger partial charge on any atom is -0.307 e. The first-order valence-corrected chi connectivity index (χ1v) is 5.31. The van der Waals surface area contributed by atoms with E-state index in [4.69, 9.17) is 0 Å². The van der Waals surface area contributed by atoms with E-state index in [1.54, 1.807) is 0 Å². The summed E-state index contributed by atoms with van der Waals surface area (Å²) in [6.45, 7) is 11.8. The Morgan fingerprint density at radius 1 is 1.08 bits per heavy atom. The van der Waals surface area contributed by atoms with Gasteiger partial charge in [0.25, 0.3) is 0 Å². The molecule has 13 heavy (non-hydrogen) atoms. The molecule has 0 unspecified atom stereocenters. The Labute approximate surface area is 82.1 Å². The van der Waals surface area contributed by atoms with E-state index in [1.807, 2.05) is 7.05 Å². The van der Waals surface area contributed by atoms with Crippen molar-refractivity contribution in [1.82, 2.24) is 15.1 Å². The average molecular weight is 185 g/mol. The van der Waals surface area contributed by atoms with Crippen molar-refractivity contribution in [2.75, 3.05) is 46.4 Å². The first kappa shape index (κ1) is 11.0. The molecule has 1 fully saturated rings. The molecule has 1 aliphatic heterocycles. The summed E-state index contributed by atoms with van der Waals surface area (Å²) in [6, 6.07) is 0. The molecule has 0 aromatic carbocycles. The molecular weight excluding hydrogens is 162 g/mol. The molecule has 3 heteroatoms. The second-order valence-corrected chi connectivity index (χ2v) is 4.32. The second kappa shape index (κ2) is 5.58. The van der Waals surface area contributed by atoms with Gasteiger partial charge in [-0.15, -0.1) is 0 Å². The van der Waals surface area contributed by atoms with Crippen molar-refractivity contribution in [3.05, 3.63) is 0 Å². The third-order valence-electron chi connectivity index (χ3n) is 2.47. The lowest BCUT2D eigenvalue weighted by molar-refractivity contribution is 0.118. The van der Waals surface area contributed by atoms with Crippen LogP contribution in [0, 0.1) is 5.92 Å². The van der Waals surface area contributed by atoms with E-state index in [9.17, 15) is 0 Å². The fourth-order valence-electron chi connectivity index (χ4n) is 1.87. The number of hydrogen-bond acceptors (Lipinski definition) is 3. The van der Waals surface area contributed by atoms with Crippen molar-refractivity contribution in [3.8, 4) is 0 Å². The Hall–Kier alpha value is -0.120. The maximum Gasteiger partial charge on any atom is 0.0479 e. The Balaban J connectivity index is 2.15. The smallest absolute Gasteiger partial charge is 0.0479 e. The zero-order chi connectivity index (χ0) is 9.68. The summed E-state index contributed by atoms with van der Waals surface area (Å²) in [5.74, 6) is 0.802. The highest BCUT2D eigenvalue weighted by Crippen LogP contribution is 2.03. The van der Waals surface area contributed by atoms with Crippen molar-refractivity contribution in [2.45, 2.75) is 13.8 Å². The lowest BCUT2D eigenvalue weighted by Gasteiger charge is -2.35. The van der Waals surface area contributed by atoms with Crippen LogP contribution in [0.25, 0.3) is 0 Å². The predicted molar refractivity (Wildman–Crippen MR) is 56.8 cm³/mol. The van der Waals surface area contributed by atoms with Crippen LogP contribution in [-0.2, 0) is 0 Å². The van der Waals surface area contributed by atoms with Gasteiger partial charge in [-0.1, -0.05) is 13.8 Å². The van der Waals surface area contributed by atoms with Gasteiger partial charge in [-0.05, 0) is 13.0 Å². The fraction of sp³-hybridized carbons (Fsp3) is 1.00. The van der Waals surface area contributed by atoms with Crippen LogP contribution < -0.4 is 5.32 Å². The maximum absolute atomic E-state index is 3.20. The summed E-state index contributed by atoms with van der Waals surface area (Å²) in [5.41, 5.74) is 0. The topological polar surface area (TPSA) is 18.5 Å². The Kier molecular flexibility index (Phi) is 4.70. The van der Waals surface area contributed by atoms with E-state index >= 15 is 0 Å². The quantitative estimate of drug-likeness (QED) is 0.685. The molecule has 1 rings (SSSR count). The minimum absolute atomic E-state index is 0.802. The Morgan fingerprint density at radius 2 is 1.62 bits per heavy atom. The van der Waals surface area contributed by atoms with Crippen LogP contribution in [-0.4, -0.2) is 56.2 Å². The number of nitrogens with one attached hydrogen (secondary N) is 1. The van der Waals surface area contributed by atoms with Crippen LogP contribution in [0.1, 0.15) is 13.8 Å².